The van der Waals surface area contributed by atoms with E-state index in [1.54, 1.807) is 37.7 Å². The van der Waals surface area contributed by atoms with Gasteiger partial charge < -0.3 is 14.2 Å². The number of hydrogen-bond acceptors (Lipinski definition) is 7. The van der Waals surface area contributed by atoms with Gasteiger partial charge in [0.25, 0.3) is 5.56 Å². The maximum atomic E-state index is 13.7. The highest BCUT2D eigenvalue weighted by atomic mass is 79.9. The molecule has 0 bridgehead atoms. The van der Waals surface area contributed by atoms with E-state index in [1.807, 2.05) is 50.3 Å². The molecule has 0 radical (unpaired) electrons. The average Bonchev–Trinajstić information content (AvgIpc) is 3.14. The molecule has 2 heterocycles. The van der Waals surface area contributed by atoms with Crippen LogP contribution < -0.4 is 24.4 Å². The van der Waals surface area contributed by atoms with Gasteiger partial charge in [0, 0.05) is 4.47 Å². The Morgan fingerprint density at radius 2 is 1.92 bits per heavy atom. The van der Waals surface area contributed by atoms with Crippen LogP contribution in [0, 0.1) is 0 Å². The highest BCUT2D eigenvalue weighted by Gasteiger charge is 2.34. The predicted octanol–water partition coefficient (Wildman–Crippen LogP) is 4.36. The van der Waals surface area contributed by atoms with Gasteiger partial charge in [0.05, 0.1) is 41.7 Å². The summed E-state index contributed by atoms with van der Waals surface area (Å²) in [6, 6.07) is 12.4. The van der Waals surface area contributed by atoms with E-state index in [0.717, 1.165) is 10.0 Å². The summed E-state index contributed by atoms with van der Waals surface area (Å²) in [5.41, 5.74) is 2.17. The lowest BCUT2D eigenvalue weighted by Gasteiger charge is -2.25. The van der Waals surface area contributed by atoms with E-state index in [9.17, 15) is 9.59 Å². The number of hydrogen-bond donors (Lipinski definition) is 0. The minimum absolute atomic E-state index is 0.0433. The number of carbonyl (C=O) groups is 1. The van der Waals surface area contributed by atoms with Crippen LogP contribution in [-0.2, 0) is 9.53 Å². The number of methoxy groups -OCH3 is 1. The zero-order valence-electron chi connectivity index (χ0n) is 20.7. The molecule has 3 aromatic rings. The van der Waals surface area contributed by atoms with Crippen LogP contribution in [0.5, 0.6) is 11.5 Å². The van der Waals surface area contributed by atoms with Crippen LogP contribution in [0.4, 0.5) is 0 Å². The second-order valence-corrected chi connectivity index (χ2v) is 10.4. The molecule has 7 nitrogen and oxygen atoms in total. The zero-order chi connectivity index (χ0) is 26.0. The van der Waals surface area contributed by atoms with Crippen LogP contribution in [0.25, 0.3) is 6.08 Å². The van der Waals surface area contributed by atoms with Crippen molar-refractivity contribution in [2.24, 2.45) is 4.99 Å². The number of ether oxygens (including phenoxy) is 3. The van der Waals surface area contributed by atoms with Crippen molar-refractivity contribution in [3.05, 3.63) is 89.0 Å². The van der Waals surface area contributed by atoms with Crippen molar-refractivity contribution in [2.75, 3.05) is 13.7 Å². The van der Waals surface area contributed by atoms with Crippen LogP contribution in [0.1, 0.15) is 44.9 Å². The second-order valence-electron chi connectivity index (χ2n) is 8.43. The Balaban J connectivity index is 1.94. The molecule has 0 aliphatic carbocycles. The first kappa shape index (κ1) is 25.9. The zero-order valence-corrected chi connectivity index (χ0v) is 23.1. The summed E-state index contributed by atoms with van der Waals surface area (Å²) < 4.78 is 19.8. The van der Waals surface area contributed by atoms with Crippen molar-refractivity contribution in [1.82, 2.24) is 4.57 Å². The minimum atomic E-state index is -0.727. The Hall–Kier alpha value is -3.17. The fourth-order valence-electron chi connectivity index (χ4n) is 4.02. The Bertz CT molecular complexity index is 1500. The third kappa shape index (κ3) is 5.17. The molecule has 1 unspecified atom stereocenters. The topological polar surface area (TPSA) is 79.1 Å². The Morgan fingerprint density at radius 1 is 1.19 bits per heavy atom. The van der Waals surface area contributed by atoms with Gasteiger partial charge in [-0.15, -0.1) is 0 Å². The summed E-state index contributed by atoms with van der Waals surface area (Å²) in [5, 5.41) is 0. The van der Waals surface area contributed by atoms with Gasteiger partial charge in [0.15, 0.2) is 16.3 Å². The molecule has 2 aromatic carbocycles. The molecule has 9 heteroatoms. The van der Waals surface area contributed by atoms with Crippen LogP contribution in [0.3, 0.4) is 0 Å². The molecule has 1 atom stereocenters. The summed E-state index contributed by atoms with van der Waals surface area (Å²) in [6.45, 7) is 7.58. The highest BCUT2D eigenvalue weighted by molar-refractivity contribution is 9.10. The highest BCUT2D eigenvalue weighted by Crippen LogP contribution is 2.36. The third-order valence-electron chi connectivity index (χ3n) is 5.55. The minimum Gasteiger partial charge on any atom is -0.493 e. The molecule has 1 aliphatic rings. The number of halogens is 1. The Morgan fingerprint density at radius 3 is 2.56 bits per heavy atom. The Labute approximate surface area is 221 Å². The van der Waals surface area contributed by atoms with Crippen molar-refractivity contribution in [3.63, 3.8) is 0 Å². The van der Waals surface area contributed by atoms with E-state index in [-0.39, 0.29) is 18.3 Å². The summed E-state index contributed by atoms with van der Waals surface area (Å²) in [5.74, 6) is 0.584. The van der Waals surface area contributed by atoms with Gasteiger partial charge in [-0.3, -0.25) is 9.36 Å². The fourth-order valence-corrected chi connectivity index (χ4v) is 5.33. The van der Waals surface area contributed by atoms with E-state index in [0.29, 0.717) is 37.7 Å². The largest absolute Gasteiger partial charge is 0.493 e. The molecule has 4 rings (SSSR count). The van der Waals surface area contributed by atoms with Crippen LogP contribution >= 0.6 is 27.3 Å². The molecule has 0 saturated heterocycles. The standard InChI is InChI=1S/C27H27BrN2O5S/c1-6-34-26(32)23-16(4)29-27-30(25(31)22(36-27)13-17-7-10-19(28)11-8-17)24(23)18-9-12-20(35-15(2)3)21(14-18)33-5/h7-15,24H,6H2,1-5H3. The van der Waals surface area contributed by atoms with Gasteiger partial charge in [-0.25, -0.2) is 9.79 Å². The number of nitrogens with zero attached hydrogens (tertiary/aromatic N) is 2. The van der Waals surface area contributed by atoms with E-state index < -0.39 is 12.0 Å². The van der Waals surface area contributed by atoms with Gasteiger partial charge in [-0.1, -0.05) is 45.5 Å². The lowest BCUT2D eigenvalue weighted by Crippen LogP contribution is -2.40. The number of benzene rings is 2. The fraction of sp³-hybridized carbons (Fsp3) is 0.296. The van der Waals surface area contributed by atoms with E-state index in [2.05, 4.69) is 20.9 Å². The first-order chi connectivity index (χ1) is 17.2. The van der Waals surface area contributed by atoms with Gasteiger partial charge >= 0.3 is 5.97 Å². The van der Waals surface area contributed by atoms with E-state index in [4.69, 9.17) is 14.2 Å². The molecule has 0 fully saturated rings. The summed E-state index contributed by atoms with van der Waals surface area (Å²) in [7, 11) is 1.56. The van der Waals surface area contributed by atoms with Crippen molar-refractivity contribution in [2.45, 2.75) is 39.8 Å². The van der Waals surface area contributed by atoms with Crippen molar-refractivity contribution < 1.29 is 19.0 Å². The molecule has 0 amide bonds. The second kappa shape index (κ2) is 10.8. The summed E-state index contributed by atoms with van der Waals surface area (Å²) >= 11 is 4.72. The molecule has 0 saturated carbocycles. The number of carbonyl (C=O) groups excluding carboxylic acids is 1. The molecule has 1 aromatic heterocycles. The molecule has 36 heavy (non-hydrogen) atoms. The third-order valence-corrected chi connectivity index (χ3v) is 7.06. The van der Waals surface area contributed by atoms with Crippen molar-refractivity contribution in [3.8, 4) is 11.5 Å². The molecule has 188 valence electrons. The normalized spacial score (nSPS) is 15.5. The van der Waals surface area contributed by atoms with Crippen LogP contribution in [0.2, 0.25) is 0 Å². The van der Waals surface area contributed by atoms with Gasteiger partial charge in [0.1, 0.15) is 0 Å². The molecular weight excluding hydrogens is 544 g/mol. The number of thiazole rings is 1. The van der Waals surface area contributed by atoms with Crippen molar-refractivity contribution in [1.29, 1.82) is 0 Å². The van der Waals surface area contributed by atoms with E-state index >= 15 is 0 Å². The summed E-state index contributed by atoms with van der Waals surface area (Å²) in [6.07, 6.45) is 1.79. The van der Waals surface area contributed by atoms with Crippen LogP contribution in [-0.4, -0.2) is 30.4 Å². The monoisotopic (exact) mass is 570 g/mol. The van der Waals surface area contributed by atoms with Crippen molar-refractivity contribution >= 4 is 39.3 Å². The number of fused-ring (bicyclic) bond motifs is 1. The lowest BCUT2D eigenvalue weighted by atomic mass is 9.95. The Kier molecular flexibility index (Phi) is 7.80. The number of rotatable bonds is 7. The molecular formula is C27H27BrN2O5S. The SMILES string of the molecule is CCOC(=O)C1=C(C)N=c2sc(=Cc3ccc(Br)cc3)c(=O)n2C1c1ccc(OC(C)C)c(OC)c1. The van der Waals surface area contributed by atoms with Gasteiger partial charge in [-0.05, 0) is 69.2 Å². The first-order valence-electron chi connectivity index (χ1n) is 11.5. The smallest absolute Gasteiger partial charge is 0.338 e. The lowest BCUT2D eigenvalue weighted by molar-refractivity contribution is -0.139. The number of allylic oxidation sites excluding steroid dienone is 1. The van der Waals surface area contributed by atoms with E-state index in [1.165, 1.54) is 11.3 Å². The number of aromatic nitrogens is 1. The predicted molar refractivity (Wildman–Crippen MR) is 143 cm³/mol. The first-order valence-corrected chi connectivity index (χ1v) is 13.1. The summed E-state index contributed by atoms with van der Waals surface area (Å²) in [4.78, 5) is 31.9. The molecule has 1 aliphatic heterocycles. The quantitative estimate of drug-likeness (QED) is 0.394. The molecule has 0 spiro atoms. The van der Waals surface area contributed by atoms with Gasteiger partial charge in [0.2, 0.25) is 0 Å². The van der Waals surface area contributed by atoms with Crippen LogP contribution in [0.15, 0.2) is 68.0 Å². The molecule has 0 N–H and O–H groups in total. The number of esters is 1. The maximum absolute atomic E-state index is 13.7. The van der Waals surface area contributed by atoms with Gasteiger partial charge in [-0.2, -0.15) is 0 Å². The maximum Gasteiger partial charge on any atom is 0.338 e. The average molecular weight is 571 g/mol.